The molecule has 25 heavy (non-hydrogen) atoms. The van der Waals surface area contributed by atoms with Crippen LogP contribution in [0.3, 0.4) is 0 Å². The van der Waals surface area contributed by atoms with Gasteiger partial charge in [-0.1, -0.05) is 53.0 Å². The van der Waals surface area contributed by atoms with E-state index in [1.54, 1.807) is 24.3 Å². The van der Waals surface area contributed by atoms with Crippen LogP contribution in [0.1, 0.15) is 41.6 Å². The molecule has 0 unspecified atom stereocenters. The van der Waals surface area contributed by atoms with Gasteiger partial charge >= 0.3 is 5.97 Å². The number of methoxy groups -OCH3 is 1. The zero-order chi connectivity index (χ0) is 17.9. The van der Waals surface area contributed by atoms with Crippen molar-refractivity contribution in [2.75, 3.05) is 12.4 Å². The predicted octanol–water partition coefficient (Wildman–Crippen LogP) is 4.69. The number of carbonyl (C=O) groups excluding carboxylic acids is 2. The van der Waals surface area contributed by atoms with E-state index in [9.17, 15) is 9.59 Å². The van der Waals surface area contributed by atoms with Crippen molar-refractivity contribution in [3.8, 4) is 0 Å². The molecule has 0 aliphatic heterocycles. The van der Waals surface area contributed by atoms with Crippen LogP contribution in [0.4, 0.5) is 5.69 Å². The van der Waals surface area contributed by atoms with Crippen molar-refractivity contribution in [1.82, 2.24) is 0 Å². The molecule has 3 rings (SSSR count). The summed E-state index contributed by atoms with van der Waals surface area (Å²) in [6, 6.07) is 14.9. The molecule has 0 aromatic heterocycles. The summed E-state index contributed by atoms with van der Waals surface area (Å²) in [6.07, 6.45) is 3.64. The normalized spacial score (nSPS) is 15.6. The first-order chi connectivity index (χ1) is 12.1. The maximum atomic E-state index is 13.2. The van der Waals surface area contributed by atoms with Crippen molar-refractivity contribution in [3.63, 3.8) is 0 Å². The van der Waals surface area contributed by atoms with Gasteiger partial charge in [0.15, 0.2) is 0 Å². The van der Waals surface area contributed by atoms with Crippen molar-refractivity contribution in [2.45, 2.75) is 31.1 Å². The minimum Gasteiger partial charge on any atom is -0.465 e. The quantitative estimate of drug-likeness (QED) is 0.756. The first kappa shape index (κ1) is 17.7. The smallest absolute Gasteiger partial charge is 0.339 e. The molecular formula is C20H20BrNO3. The molecule has 0 bridgehead atoms. The average molecular weight is 402 g/mol. The number of para-hydroxylation sites is 1. The van der Waals surface area contributed by atoms with Crippen LogP contribution in [0.25, 0.3) is 0 Å². The molecule has 0 spiro atoms. The second kappa shape index (κ2) is 7.40. The molecule has 1 N–H and O–H groups in total. The maximum absolute atomic E-state index is 13.2. The van der Waals surface area contributed by atoms with Crippen LogP contribution in [0.15, 0.2) is 53.0 Å². The number of anilines is 1. The summed E-state index contributed by atoms with van der Waals surface area (Å²) in [7, 11) is 1.33. The van der Waals surface area contributed by atoms with E-state index in [2.05, 4.69) is 21.2 Å². The molecule has 0 heterocycles. The number of nitrogens with one attached hydrogen (secondary N) is 1. The van der Waals surface area contributed by atoms with E-state index in [0.717, 1.165) is 35.7 Å². The van der Waals surface area contributed by atoms with E-state index in [4.69, 9.17) is 4.74 Å². The summed E-state index contributed by atoms with van der Waals surface area (Å²) in [5, 5.41) is 2.97. The second-order valence-electron chi connectivity index (χ2n) is 6.29. The lowest BCUT2D eigenvalue weighted by atomic mass is 9.78. The van der Waals surface area contributed by atoms with Crippen molar-refractivity contribution >= 4 is 33.5 Å². The Balaban J connectivity index is 1.93. The number of amides is 1. The van der Waals surface area contributed by atoms with Crippen LogP contribution in [0.5, 0.6) is 0 Å². The largest absolute Gasteiger partial charge is 0.465 e. The van der Waals surface area contributed by atoms with E-state index in [0.29, 0.717) is 11.3 Å². The fraction of sp³-hybridized carbons (Fsp3) is 0.300. The highest BCUT2D eigenvalue weighted by Gasteiger charge is 2.42. The molecule has 0 saturated heterocycles. The van der Waals surface area contributed by atoms with E-state index in [1.807, 2.05) is 24.3 Å². The van der Waals surface area contributed by atoms with Crippen molar-refractivity contribution in [1.29, 1.82) is 0 Å². The molecule has 2 aromatic carbocycles. The number of benzene rings is 2. The van der Waals surface area contributed by atoms with Crippen LogP contribution < -0.4 is 5.32 Å². The Labute approximate surface area is 155 Å². The van der Waals surface area contributed by atoms with Crippen LogP contribution in [-0.4, -0.2) is 19.0 Å². The number of hydrogen-bond acceptors (Lipinski definition) is 3. The van der Waals surface area contributed by atoms with Gasteiger partial charge in [-0.25, -0.2) is 4.79 Å². The van der Waals surface area contributed by atoms with Crippen molar-refractivity contribution in [3.05, 3.63) is 64.1 Å². The fourth-order valence-corrected chi connectivity index (χ4v) is 3.78. The van der Waals surface area contributed by atoms with Gasteiger partial charge in [-0.05, 0) is 42.7 Å². The molecule has 1 amide bonds. The predicted molar refractivity (Wildman–Crippen MR) is 101 cm³/mol. The van der Waals surface area contributed by atoms with Crippen molar-refractivity contribution < 1.29 is 14.3 Å². The van der Waals surface area contributed by atoms with Gasteiger partial charge in [-0.15, -0.1) is 0 Å². The van der Waals surface area contributed by atoms with Gasteiger partial charge in [0.1, 0.15) is 0 Å². The molecule has 1 saturated carbocycles. The Kier molecular flexibility index (Phi) is 5.23. The SMILES string of the molecule is COC(=O)c1ccccc1NC(=O)C1(c2ccc(Br)cc2)CCCC1. The van der Waals surface area contributed by atoms with Gasteiger partial charge < -0.3 is 10.1 Å². The Hall–Kier alpha value is -2.14. The molecular weight excluding hydrogens is 382 g/mol. The molecule has 2 aromatic rings. The fourth-order valence-electron chi connectivity index (χ4n) is 3.52. The molecule has 1 aliphatic carbocycles. The highest BCUT2D eigenvalue weighted by molar-refractivity contribution is 9.10. The van der Waals surface area contributed by atoms with Gasteiger partial charge in [-0.3, -0.25) is 4.79 Å². The molecule has 5 heteroatoms. The molecule has 1 aliphatic rings. The van der Waals surface area contributed by atoms with E-state index >= 15 is 0 Å². The molecule has 1 fully saturated rings. The van der Waals surface area contributed by atoms with E-state index in [-0.39, 0.29) is 5.91 Å². The summed E-state index contributed by atoms with van der Waals surface area (Å²) in [4.78, 5) is 25.2. The third-order valence-electron chi connectivity index (χ3n) is 4.87. The summed E-state index contributed by atoms with van der Waals surface area (Å²) in [6.45, 7) is 0. The van der Waals surface area contributed by atoms with Crippen LogP contribution in [0.2, 0.25) is 0 Å². The van der Waals surface area contributed by atoms with Gasteiger partial charge in [0.05, 0.1) is 23.8 Å². The number of carbonyl (C=O) groups is 2. The summed E-state index contributed by atoms with van der Waals surface area (Å²) >= 11 is 3.44. The first-order valence-corrected chi connectivity index (χ1v) is 9.11. The Morgan fingerprint density at radius 2 is 1.68 bits per heavy atom. The monoisotopic (exact) mass is 401 g/mol. The number of halogens is 1. The summed E-state index contributed by atoms with van der Waals surface area (Å²) < 4.78 is 5.80. The van der Waals surface area contributed by atoms with Gasteiger partial charge in [0.25, 0.3) is 0 Å². The lowest BCUT2D eigenvalue weighted by Crippen LogP contribution is -2.38. The maximum Gasteiger partial charge on any atom is 0.339 e. The topological polar surface area (TPSA) is 55.4 Å². The molecule has 130 valence electrons. The van der Waals surface area contributed by atoms with E-state index in [1.165, 1.54) is 7.11 Å². The number of ether oxygens (including phenoxy) is 1. The minimum atomic E-state index is -0.552. The minimum absolute atomic E-state index is 0.0660. The van der Waals surface area contributed by atoms with Gasteiger partial charge in [0.2, 0.25) is 5.91 Å². The Bertz CT molecular complexity index is 780. The zero-order valence-corrected chi connectivity index (χ0v) is 15.6. The van der Waals surface area contributed by atoms with Gasteiger partial charge in [0, 0.05) is 4.47 Å². The standard InChI is InChI=1S/C20H20BrNO3/c1-25-18(23)16-6-2-3-7-17(16)22-19(24)20(12-4-5-13-20)14-8-10-15(21)11-9-14/h2-3,6-11H,4-5,12-13H2,1H3,(H,22,24). The van der Waals surface area contributed by atoms with Crippen LogP contribution >= 0.6 is 15.9 Å². The lowest BCUT2D eigenvalue weighted by molar-refractivity contribution is -0.121. The second-order valence-corrected chi connectivity index (χ2v) is 7.20. The number of esters is 1. The number of rotatable bonds is 4. The van der Waals surface area contributed by atoms with Crippen LogP contribution in [-0.2, 0) is 14.9 Å². The van der Waals surface area contributed by atoms with Crippen LogP contribution in [0, 0.1) is 0 Å². The lowest BCUT2D eigenvalue weighted by Gasteiger charge is -2.28. The van der Waals surface area contributed by atoms with Crippen molar-refractivity contribution in [2.24, 2.45) is 0 Å². The summed E-state index contributed by atoms with van der Waals surface area (Å²) in [5.41, 5.74) is 1.32. The Morgan fingerprint density at radius 1 is 1.04 bits per heavy atom. The molecule has 0 atom stereocenters. The third-order valence-corrected chi connectivity index (χ3v) is 5.40. The molecule has 4 nitrogen and oxygen atoms in total. The summed E-state index contributed by atoms with van der Waals surface area (Å²) in [5.74, 6) is -0.524. The molecule has 0 radical (unpaired) electrons. The Morgan fingerprint density at radius 3 is 2.32 bits per heavy atom. The first-order valence-electron chi connectivity index (χ1n) is 8.32. The third kappa shape index (κ3) is 3.47. The van der Waals surface area contributed by atoms with Gasteiger partial charge in [-0.2, -0.15) is 0 Å². The zero-order valence-electron chi connectivity index (χ0n) is 14.0. The van der Waals surface area contributed by atoms with E-state index < -0.39 is 11.4 Å². The highest BCUT2D eigenvalue weighted by Crippen LogP contribution is 2.42. The number of hydrogen-bond donors (Lipinski definition) is 1. The highest BCUT2D eigenvalue weighted by atomic mass is 79.9. The average Bonchev–Trinajstić information content (AvgIpc) is 3.13.